The van der Waals surface area contributed by atoms with Gasteiger partial charge in [-0.25, -0.2) is 4.99 Å². The van der Waals surface area contributed by atoms with Crippen LogP contribution in [-0.4, -0.2) is 58.8 Å². The van der Waals surface area contributed by atoms with Crippen molar-refractivity contribution in [2.24, 2.45) is 12.0 Å². The zero-order valence-electron chi connectivity index (χ0n) is 18.7. The first kappa shape index (κ1) is 25.1. The van der Waals surface area contributed by atoms with Gasteiger partial charge < -0.3 is 19.9 Å². The average Bonchev–Trinajstić information content (AvgIpc) is 3.16. The molecule has 0 saturated carbocycles. The summed E-state index contributed by atoms with van der Waals surface area (Å²) in [5, 5.41) is 7.48. The van der Waals surface area contributed by atoms with Gasteiger partial charge in [0.15, 0.2) is 5.96 Å². The molecule has 0 unspecified atom stereocenters. The second-order valence-corrected chi connectivity index (χ2v) is 7.69. The molecule has 3 rings (SSSR count). The first-order valence-electron chi connectivity index (χ1n) is 10.5. The van der Waals surface area contributed by atoms with E-state index in [0.29, 0.717) is 26.2 Å². The molecule has 1 aliphatic rings. The summed E-state index contributed by atoms with van der Waals surface area (Å²) in [4.78, 5) is 21.3. The van der Waals surface area contributed by atoms with Crippen LogP contribution in [0.2, 0.25) is 0 Å². The van der Waals surface area contributed by atoms with Gasteiger partial charge in [-0.05, 0) is 31.9 Å². The molecule has 31 heavy (non-hydrogen) atoms. The topological polar surface area (TPSA) is 75.0 Å². The van der Waals surface area contributed by atoms with Crippen molar-refractivity contribution in [3.8, 4) is 0 Å². The standard InChI is InChI=1S/C22H32N6O2.HI/c1-5-23-22(24-12-18-6-8-19(9-7-18)16-30-17(2)3)27-10-11-28(21(29)15-27)20-13-25-26(4)14-20;/h6-9,13-14,17H,5,10-12,15-16H2,1-4H3,(H,23,24);1H. The summed E-state index contributed by atoms with van der Waals surface area (Å²) in [6, 6.07) is 8.32. The maximum absolute atomic E-state index is 12.7. The summed E-state index contributed by atoms with van der Waals surface area (Å²) in [5.41, 5.74) is 3.12. The highest BCUT2D eigenvalue weighted by Crippen LogP contribution is 2.16. The van der Waals surface area contributed by atoms with E-state index in [1.165, 1.54) is 0 Å². The Morgan fingerprint density at radius 1 is 1.23 bits per heavy atom. The molecule has 2 aromatic rings. The minimum Gasteiger partial charge on any atom is -0.374 e. The molecule has 0 atom stereocenters. The molecule has 2 heterocycles. The number of aromatic nitrogens is 2. The fourth-order valence-corrected chi connectivity index (χ4v) is 3.27. The highest BCUT2D eigenvalue weighted by atomic mass is 127. The van der Waals surface area contributed by atoms with Gasteiger partial charge in [0, 0.05) is 32.9 Å². The number of benzene rings is 1. The average molecular weight is 540 g/mol. The Morgan fingerprint density at radius 2 is 1.94 bits per heavy atom. The van der Waals surface area contributed by atoms with Gasteiger partial charge in [-0.15, -0.1) is 24.0 Å². The van der Waals surface area contributed by atoms with Gasteiger partial charge >= 0.3 is 0 Å². The van der Waals surface area contributed by atoms with E-state index in [-0.39, 0.29) is 36.0 Å². The molecule has 0 radical (unpaired) electrons. The minimum atomic E-state index is 0. The molecule has 1 aliphatic heterocycles. The molecule has 1 aromatic heterocycles. The van der Waals surface area contributed by atoms with E-state index in [0.717, 1.165) is 35.9 Å². The van der Waals surface area contributed by atoms with Crippen LogP contribution in [0.4, 0.5) is 5.69 Å². The number of hydrogen-bond donors (Lipinski definition) is 1. The third kappa shape index (κ3) is 7.20. The monoisotopic (exact) mass is 540 g/mol. The fourth-order valence-electron chi connectivity index (χ4n) is 3.27. The molecule has 1 saturated heterocycles. The van der Waals surface area contributed by atoms with Crippen LogP contribution in [0.15, 0.2) is 41.7 Å². The van der Waals surface area contributed by atoms with Crippen LogP contribution in [0.25, 0.3) is 0 Å². The number of nitrogens with zero attached hydrogens (tertiary/aromatic N) is 5. The number of halogens is 1. The maximum Gasteiger partial charge on any atom is 0.246 e. The summed E-state index contributed by atoms with van der Waals surface area (Å²) in [6.45, 7) is 9.66. The second-order valence-electron chi connectivity index (χ2n) is 7.69. The van der Waals surface area contributed by atoms with Crippen molar-refractivity contribution in [1.82, 2.24) is 20.0 Å². The van der Waals surface area contributed by atoms with E-state index in [1.807, 2.05) is 38.9 Å². The Bertz CT molecular complexity index is 865. The Labute approximate surface area is 201 Å². The van der Waals surface area contributed by atoms with E-state index in [2.05, 4.69) is 34.7 Å². The summed E-state index contributed by atoms with van der Waals surface area (Å²) in [6.07, 6.45) is 3.81. The molecule has 1 aromatic carbocycles. The number of aliphatic imine (C=N–C) groups is 1. The lowest BCUT2D eigenvalue weighted by Gasteiger charge is -2.35. The molecular weight excluding hydrogens is 507 g/mol. The van der Waals surface area contributed by atoms with E-state index in [9.17, 15) is 4.79 Å². The van der Waals surface area contributed by atoms with Gasteiger partial charge in [0.05, 0.1) is 31.1 Å². The number of aryl methyl sites for hydroxylation is 1. The number of guanidine groups is 1. The van der Waals surface area contributed by atoms with Gasteiger partial charge in [-0.3, -0.25) is 9.48 Å². The smallest absolute Gasteiger partial charge is 0.246 e. The molecule has 170 valence electrons. The molecule has 0 bridgehead atoms. The molecule has 0 spiro atoms. The number of ether oxygens (including phenoxy) is 1. The Balaban J connectivity index is 0.00000341. The molecular formula is C22H33IN6O2. The quantitative estimate of drug-likeness (QED) is 0.332. The normalized spacial score (nSPS) is 14.7. The van der Waals surface area contributed by atoms with E-state index in [1.54, 1.807) is 15.8 Å². The minimum absolute atomic E-state index is 0. The Morgan fingerprint density at radius 3 is 2.52 bits per heavy atom. The first-order chi connectivity index (χ1) is 14.5. The maximum atomic E-state index is 12.7. The highest BCUT2D eigenvalue weighted by Gasteiger charge is 2.27. The van der Waals surface area contributed by atoms with Crippen molar-refractivity contribution in [3.63, 3.8) is 0 Å². The Kier molecular flexibility index (Phi) is 9.76. The van der Waals surface area contributed by atoms with Crippen LogP contribution < -0.4 is 10.2 Å². The molecule has 1 amide bonds. The summed E-state index contributed by atoms with van der Waals surface area (Å²) in [7, 11) is 1.85. The predicted molar refractivity (Wildman–Crippen MR) is 134 cm³/mol. The molecule has 0 aliphatic carbocycles. The molecule has 9 heteroatoms. The summed E-state index contributed by atoms with van der Waals surface area (Å²) in [5.74, 6) is 0.818. The van der Waals surface area contributed by atoms with Gasteiger partial charge in [0.25, 0.3) is 0 Å². The zero-order valence-corrected chi connectivity index (χ0v) is 21.1. The number of rotatable bonds is 7. The van der Waals surface area contributed by atoms with Gasteiger partial charge in [0.2, 0.25) is 5.91 Å². The first-order valence-corrected chi connectivity index (χ1v) is 10.5. The Hall–Kier alpha value is -2.14. The third-order valence-corrected chi connectivity index (χ3v) is 4.88. The lowest BCUT2D eigenvalue weighted by atomic mass is 10.1. The number of hydrogen-bond acceptors (Lipinski definition) is 4. The van der Waals surface area contributed by atoms with Crippen LogP contribution in [0.1, 0.15) is 31.9 Å². The molecule has 1 N–H and O–H groups in total. The second kappa shape index (κ2) is 12.0. The van der Waals surface area contributed by atoms with Crippen molar-refractivity contribution in [3.05, 3.63) is 47.8 Å². The van der Waals surface area contributed by atoms with Gasteiger partial charge in [-0.2, -0.15) is 5.10 Å². The molecule has 1 fully saturated rings. The number of anilines is 1. The van der Waals surface area contributed by atoms with Crippen LogP contribution in [0.3, 0.4) is 0 Å². The van der Waals surface area contributed by atoms with Crippen LogP contribution in [0.5, 0.6) is 0 Å². The van der Waals surface area contributed by atoms with E-state index >= 15 is 0 Å². The number of carbonyl (C=O) groups is 1. The van der Waals surface area contributed by atoms with Crippen molar-refractivity contribution in [2.45, 2.75) is 40.0 Å². The van der Waals surface area contributed by atoms with Crippen molar-refractivity contribution >= 4 is 41.5 Å². The zero-order chi connectivity index (χ0) is 21.5. The lowest BCUT2D eigenvalue weighted by Crippen LogP contribution is -2.55. The SMILES string of the molecule is CCNC(=NCc1ccc(COC(C)C)cc1)N1CCN(c2cnn(C)c2)C(=O)C1.I. The van der Waals surface area contributed by atoms with Crippen LogP contribution in [-0.2, 0) is 29.7 Å². The number of piperazine rings is 1. The summed E-state index contributed by atoms with van der Waals surface area (Å²) < 4.78 is 7.35. The van der Waals surface area contributed by atoms with Crippen molar-refractivity contribution in [1.29, 1.82) is 0 Å². The molecule has 8 nitrogen and oxygen atoms in total. The predicted octanol–water partition coefficient (Wildman–Crippen LogP) is 2.78. The third-order valence-electron chi connectivity index (χ3n) is 4.88. The number of carbonyl (C=O) groups excluding carboxylic acids is 1. The fraction of sp³-hybridized carbons (Fsp3) is 0.500. The van der Waals surface area contributed by atoms with Crippen LogP contribution >= 0.6 is 24.0 Å². The van der Waals surface area contributed by atoms with Gasteiger partial charge in [-0.1, -0.05) is 24.3 Å². The van der Waals surface area contributed by atoms with Crippen molar-refractivity contribution < 1.29 is 9.53 Å². The van der Waals surface area contributed by atoms with E-state index < -0.39 is 0 Å². The van der Waals surface area contributed by atoms with Crippen LogP contribution in [0, 0.1) is 0 Å². The number of amides is 1. The lowest BCUT2D eigenvalue weighted by molar-refractivity contribution is -0.120. The van der Waals surface area contributed by atoms with E-state index in [4.69, 9.17) is 9.73 Å². The van der Waals surface area contributed by atoms with Gasteiger partial charge in [0.1, 0.15) is 6.54 Å². The highest BCUT2D eigenvalue weighted by molar-refractivity contribution is 14.0. The van der Waals surface area contributed by atoms with Crippen molar-refractivity contribution in [2.75, 3.05) is 31.1 Å². The number of nitrogens with one attached hydrogen (secondary N) is 1. The summed E-state index contributed by atoms with van der Waals surface area (Å²) >= 11 is 0. The largest absolute Gasteiger partial charge is 0.374 e.